The number of aryl methyl sites for hydroxylation is 1. The molecule has 0 fully saturated rings. The number of pyridine rings is 1. The maximum Gasteiger partial charge on any atom is 0.274 e. The number of nitrogens with zero attached hydrogens (tertiary/aromatic N) is 1. The summed E-state index contributed by atoms with van der Waals surface area (Å²) >= 11 is 3.39. The van der Waals surface area contributed by atoms with E-state index < -0.39 is 0 Å². The lowest BCUT2D eigenvalue weighted by Crippen LogP contribution is -2.13. The fourth-order valence-corrected chi connectivity index (χ4v) is 2.66. The van der Waals surface area contributed by atoms with E-state index in [0.717, 1.165) is 21.4 Å². The van der Waals surface area contributed by atoms with Crippen LogP contribution in [-0.2, 0) is 0 Å². The van der Waals surface area contributed by atoms with Crippen molar-refractivity contribution in [3.63, 3.8) is 0 Å². The second-order valence-corrected chi connectivity index (χ2v) is 6.25. The Hall–Kier alpha value is -2.66. The second-order valence-electron chi connectivity index (χ2n) is 5.33. The minimum Gasteiger partial charge on any atom is -0.355 e. The maximum absolute atomic E-state index is 12.4. The van der Waals surface area contributed by atoms with Gasteiger partial charge in [0.15, 0.2) is 0 Å². The molecule has 1 amide bonds. The average molecular weight is 382 g/mol. The molecule has 3 rings (SSSR count). The van der Waals surface area contributed by atoms with Crippen LogP contribution in [0.1, 0.15) is 16.1 Å². The summed E-state index contributed by atoms with van der Waals surface area (Å²) in [5.41, 5.74) is 4.03. The maximum atomic E-state index is 12.4. The van der Waals surface area contributed by atoms with E-state index in [1.54, 1.807) is 12.3 Å². The van der Waals surface area contributed by atoms with E-state index in [1.165, 1.54) is 0 Å². The highest BCUT2D eigenvalue weighted by Crippen LogP contribution is 2.21. The number of hydrogen-bond donors (Lipinski definition) is 2. The van der Waals surface area contributed by atoms with E-state index in [2.05, 4.69) is 31.5 Å². The van der Waals surface area contributed by atoms with E-state index in [-0.39, 0.29) is 5.91 Å². The monoisotopic (exact) mass is 381 g/mol. The number of anilines is 3. The van der Waals surface area contributed by atoms with Gasteiger partial charge >= 0.3 is 0 Å². The van der Waals surface area contributed by atoms with E-state index in [1.807, 2.05) is 61.5 Å². The molecule has 0 spiro atoms. The van der Waals surface area contributed by atoms with Crippen LogP contribution in [0.2, 0.25) is 0 Å². The second kappa shape index (κ2) is 7.27. The van der Waals surface area contributed by atoms with E-state index in [4.69, 9.17) is 0 Å². The quantitative estimate of drug-likeness (QED) is 0.656. The van der Waals surface area contributed by atoms with Gasteiger partial charge in [-0.2, -0.15) is 0 Å². The van der Waals surface area contributed by atoms with Crippen molar-refractivity contribution < 1.29 is 4.79 Å². The smallest absolute Gasteiger partial charge is 0.274 e. The lowest BCUT2D eigenvalue weighted by Gasteiger charge is -2.10. The standard InChI is InChI=1S/C19H16BrN3O/c1-13-5-2-3-8-17(13)22-16-9-10-21-18(12-16)19(24)23-15-7-4-6-14(20)11-15/h2-12H,1H3,(H,21,22)(H,23,24). The lowest BCUT2D eigenvalue weighted by atomic mass is 10.2. The molecule has 0 aliphatic rings. The van der Waals surface area contributed by atoms with Gasteiger partial charge in [0.1, 0.15) is 5.69 Å². The predicted octanol–water partition coefficient (Wildman–Crippen LogP) is 5.15. The molecule has 3 aromatic rings. The molecule has 0 aliphatic carbocycles. The van der Waals surface area contributed by atoms with Gasteiger partial charge in [-0.05, 0) is 48.9 Å². The first-order valence-corrected chi connectivity index (χ1v) is 8.27. The number of amides is 1. The Morgan fingerprint density at radius 2 is 1.83 bits per heavy atom. The van der Waals surface area contributed by atoms with Gasteiger partial charge < -0.3 is 10.6 Å². The van der Waals surface area contributed by atoms with Gasteiger partial charge in [0.2, 0.25) is 0 Å². The zero-order valence-electron chi connectivity index (χ0n) is 13.1. The van der Waals surface area contributed by atoms with Crippen molar-refractivity contribution in [2.24, 2.45) is 0 Å². The van der Waals surface area contributed by atoms with Crippen LogP contribution in [0.3, 0.4) is 0 Å². The molecule has 0 aliphatic heterocycles. The molecule has 0 atom stereocenters. The molecule has 24 heavy (non-hydrogen) atoms. The largest absolute Gasteiger partial charge is 0.355 e. The van der Waals surface area contributed by atoms with Crippen LogP contribution in [0, 0.1) is 6.92 Å². The number of benzene rings is 2. The third-order valence-corrected chi connectivity index (χ3v) is 3.99. The van der Waals surface area contributed by atoms with Gasteiger partial charge in [-0.3, -0.25) is 9.78 Å². The van der Waals surface area contributed by atoms with Gasteiger partial charge in [0.05, 0.1) is 0 Å². The molecule has 120 valence electrons. The molecule has 1 heterocycles. The summed E-state index contributed by atoms with van der Waals surface area (Å²) in [6, 6.07) is 19.0. The third-order valence-electron chi connectivity index (χ3n) is 3.50. The Morgan fingerprint density at radius 3 is 2.62 bits per heavy atom. The van der Waals surface area contributed by atoms with Crippen molar-refractivity contribution in [3.8, 4) is 0 Å². The molecule has 5 heteroatoms. The number of hydrogen-bond acceptors (Lipinski definition) is 3. The Morgan fingerprint density at radius 1 is 1.00 bits per heavy atom. The number of halogens is 1. The van der Waals surface area contributed by atoms with Crippen molar-refractivity contribution in [2.45, 2.75) is 6.92 Å². The number of carbonyl (C=O) groups is 1. The number of para-hydroxylation sites is 1. The van der Waals surface area contributed by atoms with Crippen LogP contribution in [-0.4, -0.2) is 10.9 Å². The molecule has 2 N–H and O–H groups in total. The fourth-order valence-electron chi connectivity index (χ4n) is 2.26. The summed E-state index contributed by atoms with van der Waals surface area (Å²) in [7, 11) is 0. The zero-order chi connectivity index (χ0) is 16.9. The lowest BCUT2D eigenvalue weighted by molar-refractivity contribution is 0.102. The van der Waals surface area contributed by atoms with Crippen LogP contribution in [0.4, 0.5) is 17.1 Å². The van der Waals surface area contributed by atoms with Crippen LogP contribution in [0.15, 0.2) is 71.3 Å². The molecule has 2 aromatic carbocycles. The average Bonchev–Trinajstić information content (AvgIpc) is 2.57. The van der Waals surface area contributed by atoms with Gasteiger partial charge in [0.25, 0.3) is 5.91 Å². The van der Waals surface area contributed by atoms with E-state index in [0.29, 0.717) is 11.4 Å². The van der Waals surface area contributed by atoms with E-state index >= 15 is 0 Å². The van der Waals surface area contributed by atoms with Crippen molar-refractivity contribution in [3.05, 3.63) is 82.6 Å². The normalized spacial score (nSPS) is 10.2. The minimum atomic E-state index is -0.249. The Kier molecular flexibility index (Phi) is 4.91. The van der Waals surface area contributed by atoms with Gasteiger partial charge in [-0.15, -0.1) is 0 Å². The fraction of sp³-hybridized carbons (Fsp3) is 0.0526. The van der Waals surface area contributed by atoms with Gasteiger partial charge in [-0.1, -0.05) is 40.2 Å². The summed E-state index contributed by atoms with van der Waals surface area (Å²) in [4.78, 5) is 16.5. The summed E-state index contributed by atoms with van der Waals surface area (Å²) in [6.45, 7) is 2.03. The molecule has 0 bridgehead atoms. The first-order chi connectivity index (χ1) is 11.6. The Labute approximate surface area is 149 Å². The summed E-state index contributed by atoms with van der Waals surface area (Å²) in [5.74, 6) is -0.249. The highest BCUT2D eigenvalue weighted by molar-refractivity contribution is 9.10. The molecule has 4 nitrogen and oxygen atoms in total. The number of aromatic nitrogens is 1. The summed E-state index contributed by atoms with van der Waals surface area (Å²) < 4.78 is 0.906. The van der Waals surface area contributed by atoms with Gasteiger partial charge in [0, 0.05) is 27.7 Å². The van der Waals surface area contributed by atoms with Crippen LogP contribution < -0.4 is 10.6 Å². The van der Waals surface area contributed by atoms with Crippen molar-refractivity contribution in [2.75, 3.05) is 10.6 Å². The van der Waals surface area contributed by atoms with Crippen molar-refractivity contribution in [1.29, 1.82) is 0 Å². The predicted molar refractivity (Wildman–Crippen MR) is 101 cm³/mol. The number of carbonyl (C=O) groups excluding carboxylic acids is 1. The minimum absolute atomic E-state index is 0.249. The number of rotatable bonds is 4. The molecule has 0 saturated heterocycles. The van der Waals surface area contributed by atoms with Crippen LogP contribution in [0.25, 0.3) is 0 Å². The first kappa shape index (κ1) is 16.2. The summed E-state index contributed by atoms with van der Waals surface area (Å²) in [5, 5.41) is 6.16. The van der Waals surface area contributed by atoms with Crippen LogP contribution >= 0.6 is 15.9 Å². The molecule has 1 aromatic heterocycles. The van der Waals surface area contributed by atoms with Crippen molar-refractivity contribution >= 4 is 38.9 Å². The molecule has 0 saturated carbocycles. The van der Waals surface area contributed by atoms with Crippen LogP contribution in [0.5, 0.6) is 0 Å². The molecular weight excluding hydrogens is 366 g/mol. The van der Waals surface area contributed by atoms with E-state index in [9.17, 15) is 4.79 Å². The Bertz CT molecular complexity index is 880. The zero-order valence-corrected chi connectivity index (χ0v) is 14.7. The van der Waals surface area contributed by atoms with Gasteiger partial charge in [-0.25, -0.2) is 0 Å². The topological polar surface area (TPSA) is 54.0 Å². The third kappa shape index (κ3) is 4.00. The summed E-state index contributed by atoms with van der Waals surface area (Å²) in [6.07, 6.45) is 1.62. The highest BCUT2D eigenvalue weighted by atomic mass is 79.9. The highest BCUT2D eigenvalue weighted by Gasteiger charge is 2.09. The SMILES string of the molecule is Cc1ccccc1Nc1ccnc(C(=O)Nc2cccc(Br)c2)c1. The molecular formula is C19H16BrN3O. The first-order valence-electron chi connectivity index (χ1n) is 7.47. The van der Waals surface area contributed by atoms with Crippen molar-refractivity contribution in [1.82, 2.24) is 4.98 Å². The molecule has 0 unspecified atom stereocenters. The number of nitrogens with one attached hydrogen (secondary N) is 2. The Balaban J connectivity index is 1.77. The molecule has 0 radical (unpaired) electrons.